The van der Waals surface area contributed by atoms with Crippen LogP contribution in [0.25, 0.3) is 0 Å². The van der Waals surface area contributed by atoms with Crippen LogP contribution in [0.5, 0.6) is 0 Å². The second kappa shape index (κ2) is 7.57. The minimum absolute atomic E-state index is 0.0282. The van der Waals surface area contributed by atoms with Crippen LogP contribution in [0.3, 0.4) is 0 Å². The van der Waals surface area contributed by atoms with Crippen molar-refractivity contribution >= 4 is 23.0 Å². The minimum atomic E-state index is -0.339. The number of guanidine groups is 1. The molecule has 0 fully saturated rings. The van der Waals surface area contributed by atoms with E-state index >= 15 is 0 Å². The van der Waals surface area contributed by atoms with Gasteiger partial charge in [-0.1, -0.05) is 0 Å². The largest absolute Gasteiger partial charge is 0.370 e. The van der Waals surface area contributed by atoms with E-state index in [4.69, 9.17) is 11.5 Å². The summed E-state index contributed by atoms with van der Waals surface area (Å²) in [5.74, 6) is -0.706. The number of hydrogen-bond donors (Lipinski definition) is 2. The highest BCUT2D eigenvalue weighted by Crippen LogP contribution is 2.22. The number of nitrogens with zero attached hydrogens (tertiary/aromatic N) is 2. The Labute approximate surface area is 149 Å². The maximum absolute atomic E-state index is 13.3. The zero-order valence-corrected chi connectivity index (χ0v) is 13.7. The summed E-state index contributed by atoms with van der Waals surface area (Å²) in [4.78, 5) is 8.60. The van der Waals surface area contributed by atoms with E-state index < -0.39 is 0 Å². The molecule has 0 saturated heterocycles. The third-order valence-electron chi connectivity index (χ3n) is 3.58. The average molecular weight is 350 g/mol. The van der Waals surface area contributed by atoms with Crippen LogP contribution >= 0.6 is 0 Å². The molecule has 0 radical (unpaired) electrons. The summed E-state index contributed by atoms with van der Waals surface area (Å²) < 4.78 is 26.5. The van der Waals surface area contributed by atoms with Gasteiger partial charge < -0.3 is 11.5 Å². The van der Waals surface area contributed by atoms with Crippen LogP contribution in [-0.2, 0) is 0 Å². The topological polar surface area (TPSA) is 76.8 Å². The Balaban J connectivity index is 2.04. The molecule has 0 aromatic heterocycles. The molecule has 3 aromatic carbocycles. The molecule has 0 saturated carbocycles. The number of benzene rings is 3. The Morgan fingerprint density at radius 2 is 0.962 bits per heavy atom. The minimum Gasteiger partial charge on any atom is -0.370 e. The average Bonchev–Trinajstić information content (AvgIpc) is 2.62. The summed E-state index contributed by atoms with van der Waals surface area (Å²) >= 11 is 0. The Morgan fingerprint density at radius 3 is 1.35 bits per heavy atom. The van der Waals surface area contributed by atoms with Crippen LogP contribution in [0.15, 0.2) is 82.8 Å². The Morgan fingerprint density at radius 1 is 0.577 bits per heavy atom. The fourth-order valence-corrected chi connectivity index (χ4v) is 2.39. The van der Waals surface area contributed by atoms with Crippen molar-refractivity contribution < 1.29 is 8.78 Å². The number of aliphatic imine (C=N–C) groups is 2. The van der Waals surface area contributed by atoms with Crippen molar-refractivity contribution in [2.24, 2.45) is 21.5 Å². The van der Waals surface area contributed by atoms with Gasteiger partial charge in [0.2, 0.25) is 0 Å². The summed E-state index contributed by atoms with van der Waals surface area (Å²) in [6, 6.07) is 18.9. The maximum Gasteiger partial charge on any atom is 0.191 e. The van der Waals surface area contributed by atoms with Gasteiger partial charge >= 0.3 is 0 Å². The zero-order valence-electron chi connectivity index (χ0n) is 13.7. The molecular formula is C20H16F2N4. The highest BCUT2D eigenvalue weighted by Gasteiger charge is 2.08. The first kappa shape index (κ1) is 17.3. The summed E-state index contributed by atoms with van der Waals surface area (Å²) in [7, 11) is 0. The van der Waals surface area contributed by atoms with Gasteiger partial charge in [-0.2, -0.15) is 0 Å². The number of nitrogens with two attached hydrogens (primary N) is 2. The van der Waals surface area contributed by atoms with E-state index in [9.17, 15) is 8.78 Å². The molecule has 4 N–H and O–H groups in total. The molecule has 3 aromatic rings. The van der Waals surface area contributed by atoms with Crippen LogP contribution in [0.1, 0.15) is 11.1 Å². The van der Waals surface area contributed by atoms with Crippen LogP contribution in [0, 0.1) is 11.6 Å². The second-order valence-electron chi connectivity index (χ2n) is 5.53. The molecule has 6 heteroatoms. The van der Waals surface area contributed by atoms with Crippen LogP contribution < -0.4 is 11.5 Å². The summed E-state index contributed by atoms with van der Waals surface area (Å²) in [5, 5.41) is 0. The maximum atomic E-state index is 13.3. The van der Waals surface area contributed by atoms with Gasteiger partial charge in [0.1, 0.15) is 11.6 Å². The first-order valence-corrected chi connectivity index (χ1v) is 7.81. The molecule has 0 bridgehead atoms. The number of rotatable bonds is 4. The normalized spacial score (nSPS) is 10.2. The lowest BCUT2D eigenvalue weighted by Crippen LogP contribution is -2.21. The van der Waals surface area contributed by atoms with Crippen molar-refractivity contribution in [1.29, 1.82) is 0 Å². The van der Waals surface area contributed by atoms with E-state index in [1.54, 1.807) is 48.5 Å². The van der Waals surface area contributed by atoms with Gasteiger partial charge in [-0.05, 0) is 72.8 Å². The lowest BCUT2D eigenvalue weighted by molar-refractivity contribution is 0.627. The van der Waals surface area contributed by atoms with Gasteiger partial charge in [-0.25, -0.2) is 18.8 Å². The molecule has 0 atom stereocenters. The van der Waals surface area contributed by atoms with E-state index in [0.29, 0.717) is 28.2 Å². The molecule has 0 aliphatic rings. The molecular weight excluding hydrogens is 334 g/mol. The SMILES string of the molecule is NC(N)=Nc1ccc(N=C(c2ccc(F)cc2)c2ccc(F)cc2)cc1. The highest BCUT2D eigenvalue weighted by molar-refractivity contribution is 6.13. The standard InChI is InChI=1S/C20H16F2N4/c21-15-5-1-13(2-6-15)19(14-3-7-16(22)8-4-14)25-17-9-11-18(12-10-17)26-20(23)24/h1-12H,(H4,23,24,26). The van der Waals surface area contributed by atoms with Crippen molar-refractivity contribution in [2.45, 2.75) is 0 Å². The van der Waals surface area contributed by atoms with Crippen LogP contribution in [0.4, 0.5) is 20.2 Å². The molecule has 130 valence electrons. The van der Waals surface area contributed by atoms with Crippen molar-refractivity contribution in [1.82, 2.24) is 0 Å². The fourth-order valence-electron chi connectivity index (χ4n) is 2.39. The molecule has 0 unspecified atom stereocenters. The molecule has 0 aliphatic carbocycles. The number of hydrogen-bond acceptors (Lipinski definition) is 2. The Bertz CT molecular complexity index is 893. The number of halogens is 2. The lowest BCUT2D eigenvalue weighted by Gasteiger charge is -2.08. The van der Waals surface area contributed by atoms with Crippen molar-refractivity contribution in [2.75, 3.05) is 0 Å². The van der Waals surface area contributed by atoms with Gasteiger partial charge in [0, 0.05) is 11.1 Å². The van der Waals surface area contributed by atoms with Crippen LogP contribution in [-0.4, -0.2) is 11.7 Å². The van der Waals surface area contributed by atoms with E-state index in [2.05, 4.69) is 9.98 Å². The second-order valence-corrected chi connectivity index (χ2v) is 5.53. The summed E-state index contributed by atoms with van der Waals surface area (Å²) in [5.41, 5.74) is 14.0. The third kappa shape index (κ3) is 4.30. The zero-order chi connectivity index (χ0) is 18.5. The fraction of sp³-hybridized carbons (Fsp3) is 0. The van der Waals surface area contributed by atoms with Gasteiger partial charge in [0.15, 0.2) is 5.96 Å². The molecule has 0 aliphatic heterocycles. The molecule has 0 amide bonds. The van der Waals surface area contributed by atoms with Gasteiger partial charge in [-0.3, -0.25) is 0 Å². The predicted octanol–water partition coefficient (Wildman–Crippen LogP) is 4.04. The smallest absolute Gasteiger partial charge is 0.191 e. The van der Waals surface area contributed by atoms with Crippen LogP contribution in [0.2, 0.25) is 0 Å². The third-order valence-corrected chi connectivity index (χ3v) is 3.58. The van der Waals surface area contributed by atoms with E-state index in [0.717, 1.165) is 0 Å². The highest BCUT2D eigenvalue weighted by atomic mass is 19.1. The van der Waals surface area contributed by atoms with Crippen molar-refractivity contribution in [3.63, 3.8) is 0 Å². The molecule has 3 rings (SSSR count). The monoisotopic (exact) mass is 350 g/mol. The van der Waals surface area contributed by atoms with E-state index in [1.165, 1.54) is 24.3 Å². The first-order chi connectivity index (χ1) is 12.5. The lowest BCUT2D eigenvalue weighted by atomic mass is 10.0. The summed E-state index contributed by atoms with van der Waals surface area (Å²) in [6.07, 6.45) is 0. The van der Waals surface area contributed by atoms with E-state index in [-0.39, 0.29) is 17.6 Å². The molecule has 26 heavy (non-hydrogen) atoms. The molecule has 4 nitrogen and oxygen atoms in total. The Kier molecular flexibility index (Phi) is 5.03. The predicted molar refractivity (Wildman–Crippen MR) is 100 cm³/mol. The Hall–Kier alpha value is -3.54. The molecule has 0 spiro atoms. The van der Waals surface area contributed by atoms with Crippen molar-refractivity contribution in [3.05, 3.63) is 95.6 Å². The van der Waals surface area contributed by atoms with Gasteiger partial charge in [0.25, 0.3) is 0 Å². The molecule has 0 heterocycles. The van der Waals surface area contributed by atoms with Gasteiger partial charge in [-0.15, -0.1) is 0 Å². The quantitative estimate of drug-likeness (QED) is 0.550. The van der Waals surface area contributed by atoms with Crippen molar-refractivity contribution in [3.8, 4) is 0 Å². The first-order valence-electron chi connectivity index (χ1n) is 7.81. The van der Waals surface area contributed by atoms with Gasteiger partial charge in [0.05, 0.1) is 17.1 Å². The summed E-state index contributed by atoms with van der Waals surface area (Å²) in [6.45, 7) is 0. The van der Waals surface area contributed by atoms with E-state index in [1.807, 2.05) is 0 Å².